The minimum Gasteiger partial charge on any atom is -0.378 e. The van der Waals surface area contributed by atoms with Crippen LogP contribution in [0.1, 0.15) is 17.3 Å². The maximum atomic E-state index is 11.6. The van der Waals surface area contributed by atoms with E-state index in [1.807, 2.05) is 54.9 Å². The molecule has 4 heterocycles. The maximum absolute atomic E-state index is 11.6. The molecule has 4 aromatic carbocycles. The number of thioether (sulfide) groups is 1. The molecule has 9 nitrogen and oxygen atoms in total. The highest BCUT2D eigenvalue weighted by Crippen LogP contribution is 2.32. The van der Waals surface area contributed by atoms with Crippen molar-refractivity contribution in [2.24, 2.45) is 0 Å². The Labute approximate surface area is 290 Å². The average Bonchev–Trinajstić information content (AvgIpc) is 3.18. The van der Waals surface area contributed by atoms with Gasteiger partial charge in [-0.05, 0) is 71.8 Å². The minimum atomic E-state index is 0.0667. The first-order chi connectivity index (χ1) is 24.1. The summed E-state index contributed by atoms with van der Waals surface area (Å²) in [5, 5.41) is 0. The van der Waals surface area contributed by atoms with E-state index in [2.05, 4.69) is 68.5 Å². The number of hydrogen-bond donors (Lipinski definition) is 0. The molecule has 0 spiro atoms. The van der Waals surface area contributed by atoms with Crippen LogP contribution in [0.15, 0.2) is 102 Å². The molecule has 0 amide bonds. The number of hydrogen-bond acceptors (Lipinski definition) is 10. The summed E-state index contributed by atoms with van der Waals surface area (Å²) in [5.74, 6) is 1.88. The number of ketones is 1. The van der Waals surface area contributed by atoms with E-state index in [9.17, 15) is 4.79 Å². The number of benzene rings is 4. The molecule has 0 bridgehead atoms. The second-order valence-corrected chi connectivity index (χ2v) is 12.7. The van der Waals surface area contributed by atoms with Crippen LogP contribution in [-0.4, -0.2) is 84.6 Å². The summed E-state index contributed by atoms with van der Waals surface area (Å²) in [6.07, 6.45) is 5.79. The Morgan fingerprint density at radius 3 is 1.78 bits per heavy atom. The minimum absolute atomic E-state index is 0.0667. The van der Waals surface area contributed by atoms with Crippen LogP contribution in [0.2, 0.25) is 0 Å². The third-order valence-corrected chi connectivity index (χ3v) is 9.55. The van der Waals surface area contributed by atoms with Crippen LogP contribution in [0, 0.1) is 0 Å². The highest BCUT2D eigenvalue weighted by Gasteiger charge is 2.15. The predicted octanol–water partition coefficient (Wildman–Crippen LogP) is 7.19. The molecule has 0 saturated carbocycles. The van der Waals surface area contributed by atoms with Crippen LogP contribution in [0.4, 0.5) is 11.6 Å². The number of aromatic nitrogens is 4. The van der Waals surface area contributed by atoms with Crippen LogP contribution < -0.4 is 9.80 Å². The molecule has 0 N–H and O–H groups in total. The number of nitrogens with zero attached hydrogens (tertiary/aromatic N) is 6. The number of rotatable bonds is 6. The lowest BCUT2D eigenvalue weighted by Crippen LogP contribution is -2.36. The summed E-state index contributed by atoms with van der Waals surface area (Å²) in [6, 6.07) is 28.5. The first kappa shape index (κ1) is 32.6. The molecular weight excluding hydrogens is 633 g/mol. The second kappa shape index (κ2) is 15.1. The molecule has 8 rings (SSSR count). The summed E-state index contributed by atoms with van der Waals surface area (Å²) >= 11 is 1.76. The normalized spacial score (nSPS) is 14.8. The number of Topliss-reactive ketones (excluding diaryl/α,β-unsaturated/α-hetero) is 1. The van der Waals surface area contributed by atoms with Gasteiger partial charge >= 0.3 is 0 Å². The first-order valence-electron chi connectivity index (χ1n) is 16.5. The summed E-state index contributed by atoms with van der Waals surface area (Å²) < 4.78 is 10.8. The number of anilines is 2. The van der Waals surface area contributed by atoms with Crippen LogP contribution >= 0.6 is 11.8 Å². The van der Waals surface area contributed by atoms with Crippen LogP contribution in [0.25, 0.3) is 44.3 Å². The van der Waals surface area contributed by atoms with Gasteiger partial charge in [0.2, 0.25) is 0 Å². The zero-order chi connectivity index (χ0) is 33.6. The molecule has 2 aromatic heterocycles. The molecule has 2 aliphatic rings. The second-order valence-electron chi connectivity index (χ2n) is 11.9. The van der Waals surface area contributed by atoms with Crippen molar-refractivity contribution < 1.29 is 14.3 Å². The quantitative estimate of drug-likeness (QED) is 0.134. The topological polar surface area (TPSA) is 93.6 Å². The molecule has 2 fully saturated rings. The van der Waals surface area contributed by atoms with Gasteiger partial charge in [-0.1, -0.05) is 48.5 Å². The molecular formula is C39H38N6O3S. The lowest BCUT2D eigenvalue weighted by Gasteiger charge is -2.27. The van der Waals surface area contributed by atoms with Crippen molar-refractivity contribution in [1.29, 1.82) is 0 Å². The fourth-order valence-corrected chi connectivity index (χ4v) is 6.66. The Hall–Kier alpha value is -4.90. The Kier molecular flexibility index (Phi) is 10.1. The van der Waals surface area contributed by atoms with E-state index in [4.69, 9.17) is 19.4 Å². The summed E-state index contributed by atoms with van der Waals surface area (Å²) in [7, 11) is 0. The van der Waals surface area contributed by atoms with Crippen LogP contribution in [-0.2, 0) is 9.47 Å². The van der Waals surface area contributed by atoms with Crippen molar-refractivity contribution in [3.63, 3.8) is 0 Å². The van der Waals surface area contributed by atoms with Crippen molar-refractivity contribution >= 4 is 51.2 Å². The Bertz CT molecular complexity index is 2100. The van der Waals surface area contributed by atoms with Gasteiger partial charge in [0, 0.05) is 36.6 Å². The number of ether oxygens (including phenoxy) is 2. The van der Waals surface area contributed by atoms with Crippen molar-refractivity contribution in [3.05, 3.63) is 103 Å². The smallest absolute Gasteiger partial charge is 0.159 e. The lowest BCUT2D eigenvalue weighted by molar-refractivity contribution is 0.101. The zero-order valence-corrected chi connectivity index (χ0v) is 28.5. The Morgan fingerprint density at radius 1 is 0.633 bits per heavy atom. The van der Waals surface area contributed by atoms with Gasteiger partial charge in [0.15, 0.2) is 5.78 Å². The third-order valence-electron chi connectivity index (χ3n) is 8.75. The van der Waals surface area contributed by atoms with Crippen LogP contribution in [0.5, 0.6) is 0 Å². The van der Waals surface area contributed by atoms with Crippen molar-refractivity contribution in [2.45, 2.75) is 11.8 Å². The average molecular weight is 671 g/mol. The van der Waals surface area contributed by atoms with Gasteiger partial charge in [-0.25, -0.2) is 9.97 Å². The number of carbonyl (C=O) groups is 1. The van der Waals surface area contributed by atoms with Crippen molar-refractivity contribution in [1.82, 2.24) is 19.9 Å². The van der Waals surface area contributed by atoms with E-state index in [-0.39, 0.29) is 5.78 Å². The molecule has 0 unspecified atom stereocenters. The van der Waals surface area contributed by atoms with Gasteiger partial charge in [-0.2, -0.15) is 0 Å². The largest absolute Gasteiger partial charge is 0.378 e. The van der Waals surface area contributed by atoms with E-state index in [0.29, 0.717) is 5.56 Å². The highest BCUT2D eigenvalue weighted by atomic mass is 32.2. The zero-order valence-electron chi connectivity index (χ0n) is 27.7. The number of fused-ring (bicyclic) bond motifs is 2. The van der Waals surface area contributed by atoms with Gasteiger partial charge in [0.1, 0.15) is 11.6 Å². The van der Waals surface area contributed by atoms with Gasteiger partial charge in [-0.3, -0.25) is 14.8 Å². The van der Waals surface area contributed by atoms with Gasteiger partial charge in [0.05, 0.1) is 60.9 Å². The molecule has 2 saturated heterocycles. The molecule has 6 aromatic rings. The molecule has 0 aliphatic carbocycles. The van der Waals surface area contributed by atoms with E-state index in [0.717, 1.165) is 97.4 Å². The fourth-order valence-electron chi connectivity index (χ4n) is 6.04. The number of carbonyl (C=O) groups excluding carboxylic acids is 1. The summed E-state index contributed by atoms with van der Waals surface area (Å²) in [6.45, 7) is 7.93. The molecule has 49 heavy (non-hydrogen) atoms. The van der Waals surface area contributed by atoms with E-state index in [1.54, 1.807) is 18.7 Å². The first-order valence-corrected chi connectivity index (χ1v) is 17.7. The van der Waals surface area contributed by atoms with E-state index in [1.165, 1.54) is 16.0 Å². The number of morpholine rings is 2. The van der Waals surface area contributed by atoms with Crippen LogP contribution in [0.3, 0.4) is 0 Å². The van der Waals surface area contributed by atoms with Gasteiger partial charge in [-0.15, -0.1) is 11.8 Å². The standard InChI is InChI=1S/C20H19N3O2.C19H19N3OS/c1-14(24)15-3-2-4-16(11-15)17-5-6-18-19(12-17)22-20(13-21-18)23-7-9-25-10-8-23;1-24-18-5-3-2-4-15(18)14-6-7-16-17(12-14)21-19(13-20-16)22-8-10-23-11-9-22/h2-6,11-13H,7-10H2,1H3;2-7,12-13H,8-11H2,1H3. The Balaban J connectivity index is 0.000000154. The van der Waals surface area contributed by atoms with E-state index >= 15 is 0 Å². The highest BCUT2D eigenvalue weighted by molar-refractivity contribution is 7.98. The summed E-state index contributed by atoms with van der Waals surface area (Å²) in [4.78, 5) is 36.1. The third kappa shape index (κ3) is 7.57. The van der Waals surface area contributed by atoms with Crippen molar-refractivity contribution in [2.75, 3.05) is 68.7 Å². The van der Waals surface area contributed by atoms with Gasteiger partial charge < -0.3 is 19.3 Å². The molecule has 0 atom stereocenters. The molecule has 10 heteroatoms. The van der Waals surface area contributed by atoms with Crippen molar-refractivity contribution in [3.8, 4) is 22.3 Å². The summed E-state index contributed by atoms with van der Waals surface area (Å²) in [5.41, 5.74) is 8.76. The molecule has 248 valence electrons. The maximum Gasteiger partial charge on any atom is 0.159 e. The molecule has 0 radical (unpaired) electrons. The lowest BCUT2D eigenvalue weighted by atomic mass is 10.0. The predicted molar refractivity (Wildman–Crippen MR) is 198 cm³/mol. The fraction of sp³-hybridized carbons (Fsp3) is 0.256. The monoisotopic (exact) mass is 670 g/mol. The SMILES string of the molecule is CC(=O)c1cccc(-c2ccc3ncc(N4CCOCC4)nc3c2)c1.CSc1ccccc1-c1ccc2ncc(N3CCOCC3)nc2c1. The molecule has 2 aliphatic heterocycles. The van der Waals surface area contributed by atoms with E-state index < -0.39 is 0 Å². The Morgan fingerprint density at radius 2 is 1.18 bits per heavy atom. The van der Waals surface area contributed by atoms with Gasteiger partial charge in [0.25, 0.3) is 0 Å².